The molecule has 1 saturated carbocycles. The summed E-state index contributed by atoms with van der Waals surface area (Å²) in [6.07, 6.45) is 13.4. The van der Waals surface area contributed by atoms with Gasteiger partial charge in [0.05, 0.1) is 0 Å². The van der Waals surface area contributed by atoms with E-state index in [1.807, 2.05) is 56.3 Å². The van der Waals surface area contributed by atoms with Crippen molar-refractivity contribution in [3.8, 4) is 11.1 Å². The number of halogens is 1. The molecule has 2 aliphatic rings. The van der Waals surface area contributed by atoms with E-state index in [1.165, 1.54) is 19.3 Å². The van der Waals surface area contributed by atoms with Crippen LogP contribution >= 0.6 is 11.6 Å². The molecule has 4 rings (SSSR count). The highest BCUT2D eigenvalue weighted by molar-refractivity contribution is 6.37. The fraction of sp³-hybridized carbons (Fsp3) is 0.321. The van der Waals surface area contributed by atoms with Gasteiger partial charge in [0.15, 0.2) is 0 Å². The minimum atomic E-state index is -0.117. The molecule has 1 aliphatic carbocycles. The predicted octanol–water partition coefficient (Wildman–Crippen LogP) is 6.39. The molecule has 5 nitrogen and oxygen atoms in total. The Hall–Kier alpha value is -3.18. The molecular weight excluding hydrogens is 444 g/mol. The highest BCUT2D eigenvalue weighted by Crippen LogP contribution is 2.34. The van der Waals surface area contributed by atoms with E-state index in [1.54, 1.807) is 17.3 Å². The van der Waals surface area contributed by atoms with Crippen molar-refractivity contribution >= 4 is 28.9 Å². The number of rotatable bonds is 6. The number of aliphatic imine (C=N–C) groups is 1. The molecule has 176 valence electrons. The summed E-state index contributed by atoms with van der Waals surface area (Å²) in [6, 6.07) is 10.0. The van der Waals surface area contributed by atoms with Crippen molar-refractivity contribution in [2.45, 2.75) is 52.0 Å². The predicted molar refractivity (Wildman–Crippen MR) is 140 cm³/mol. The number of nitrogens with zero attached hydrogens (tertiary/aromatic N) is 3. The van der Waals surface area contributed by atoms with Gasteiger partial charge in [-0.1, -0.05) is 61.7 Å². The van der Waals surface area contributed by atoms with Crippen molar-refractivity contribution in [3.05, 3.63) is 83.4 Å². The Morgan fingerprint density at radius 2 is 2.06 bits per heavy atom. The fourth-order valence-corrected chi connectivity index (χ4v) is 4.87. The Labute approximate surface area is 207 Å². The number of nitrogens with one attached hydrogen (secondary N) is 1. The van der Waals surface area contributed by atoms with Crippen LogP contribution in [0.15, 0.2) is 77.8 Å². The lowest BCUT2D eigenvalue weighted by Gasteiger charge is -2.30. The maximum Gasteiger partial charge on any atom is 0.260 e. The first-order valence-electron chi connectivity index (χ1n) is 12.0. The molecule has 6 heteroatoms. The molecule has 1 aromatic heterocycles. The Bertz CT molecular complexity index is 1160. The number of aromatic nitrogens is 1. The van der Waals surface area contributed by atoms with Crippen LogP contribution in [0.2, 0.25) is 5.02 Å². The number of pyridine rings is 1. The van der Waals surface area contributed by atoms with Gasteiger partial charge in [-0.25, -0.2) is 4.99 Å². The normalized spacial score (nSPS) is 19.4. The summed E-state index contributed by atoms with van der Waals surface area (Å²) in [5.41, 5.74) is 4.06. The third-order valence-electron chi connectivity index (χ3n) is 6.39. The Kier molecular flexibility index (Phi) is 7.63. The molecule has 0 unspecified atom stereocenters. The van der Waals surface area contributed by atoms with Crippen LogP contribution in [0.3, 0.4) is 0 Å². The van der Waals surface area contributed by atoms with E-state index in [-0.39, 0.29) is 5.91 Å². The molecule has 1 aromatic carbocycles. The van der Waals surface area contributed by atoms with Crippen molar-refractivity contribution < 1.29 is 4.79 Å². The fourth-order valence-electron chi connectivity index (χ4n) is 4.59. The van der Waals surface area contributed by atoms with Crippen LogP contribution in [0.25, 0.3) is 16.7 Å². The second kappa shape index (κ2) is 10.8. The van der Waals surface area contributed by atoms with Gasteiger partial charge in [0.1, 0.15) is 11.7 Å². The van der Waals surface area contributed by atoms with E-state index in [4.69, 9.17) is 16.6 Å². The zero-order valence-corrected chi connectivity index (χ0v) is 20.6. The first-order chi connectivity index (χ1) is 16.5. The van der Waals surface area contributed by atoms with Crippen molar-refractivity contribution in [2.24, 2.45) is 4.99 Å². The van der Waals surface area contributed by atoms with Gasteiger partial charge in [0.25, 0.3) is 5.91 Å². The maximum absolute atomic E-state index is 13.5. The standard InChI is InChI=1S/C28H31ClN4O/c1-4-20-16-25(24-14-13-21(17-26(24)29)22-10-9-15-30-18-22)28(34)33(5-2)27(20)32-19(3)31-23-11-7-6-8-12-23/h4,9-10,13-18,23,31H,3,5-8,11-12H2,1-2H3/b20-4-,32-27+. The molecule has 1 amide bonds. The van der Waals surface area contributed by atoms with E-state index >= 15 is 0 Å². The van der Waals surface area contributed by atoms with E-state index in [0.29, 0.717) is 40.4 Å². The lowest BCUT2D eigenvalue weighted by atomic mass is 9.94. The summed E-state index contributed by atoms with van der Waals surface area (Å²) in [5.74, 6) is 1.10. The molecule has 0 atom stereocenters. The van der Waals surface area contributed by atoms with E-state index in [0.717, 1.165) is 29.5 Å². The van der Waals surface area contributed by atoms with E-state index < -0.39 is 0 Å². The van der Waals surface area contributed by atoms with Crippen molar-refractivity contribution in [1.29, 1.82) is 0 Å². The van der Waals surface area contributed by atoms with Crippen LogP contribution in [-0.4, -0.2) is 34.2 Å². The van der Waals surface area contributed by atoms with Crippen LogP contribution < -0.4 is 5.32 Å². The topological polar surface area (TPSA) is 57.6 Å². The van der Waals surface area contributed by atoms with Crippen molar-refractivity contribution in [2.75, 3.05) is 6.54 Å². The number of carbonyl (C=O) groups excluding carboxylic acids is 1. The summed E-state index contributed by atoms with van der Waals surface area (Å²) >= 11 is 6.68. The van der Waals surface area contributed by atoms with E-state index in [2.05, 4.69) is 16.9 Å². The van der Waals surface area contributed by atoms with Gasteiger partial charge in [-0.15, -0.1) is 0 Å². The SMILES string of the molecule is C=C(/N=C1\C(=C/C)C=C(c2ccc(-c3cccnc3)cc2Cl)C(=O)N1CC)NC1CCCCC1. The van der Waals surface area contributed by atoms with Gasteiger partial charge >= 0.3 is 0 Å². The van der Waals surface area contributed by atoms with Crippen LogP contribution in [0.4, 0.5) is 0 Å². The molecule has 0 radical (unpaired) electrons. The van der Waals surface area contributed by atoms with Crippen molar-refractivity contribution in [3.63, 3.8) is 0 Å². The molecule has 1 aliphatic heterocycles. The number of amides is 1. The largest absolute Gasteiger partial charge is 0.368 e. The summed E-state index contributed by atoms with van der Waals surface area (Å²) in [4.78, 5) is 24.2. The highest BCUT2D eigenvalue weighted by Gasteiger charge is 2.31. The molecule has 2 aromatic rings. The molecule has 34 heavy (non-hydrogen) atoms. The second-order valence-electron chi connectivity index (χ2n) is 8.65. The molecule has 2 heterocycles. The zero-order chi connectivity index (χ0) is 24.1. The number of likely N-dealkylation sites (N-methyl/N-ethyl adjacent to an activating group) is 1. The van der Waals surface area contributed by atoms with Gasteiger partial charge in [0.2, 0.25) is 0 Å². The maximum atomic E-state index is 13.5. The smallest absolute Gasteiger partial charge is 0.260 e. The second-order valence-corrected chi connectivity index (χ2v) is 9.06. The highest BCUT2D eigenvalue weighted by atomic mass is 35.5. The minimum absolute atomic E-state index is 0.117. The number of hydrogen-bond donors (Lipinski definition) is 1. The first kappa shape index (κ1) is 24.0. The number of amidine groups is 1. The van der Waals surface area contributed by atoms with Gasteiger partial charge in [-0.3, -0.25) is 14.7 Å². The quantitative estimate of drug-likeness (QED) is 0.528. The third-order valence-corrected chi connectivity index (χ3v) is 6.70. The Morgan fingerprint density at radius 3 is 2.71 bits per heavy atom. The molecule has 1 fully saturated rings. The van der Waals surface area contributed by atoms with E-state index in [9.17, 15) is 4.79 Å². The molecule has 1 N–H and O–H groups in total. The summed E-state index contributed by atoms with van der Waals surface area (Å²) in [5, 5.41) is 3.97. The lowest BCUT2D eigenvalue weighted by Crippen LogP contribution is -2.41. The first-order valence-corrected chi connectivity index (χ1v) is 12.3. The van der Waals surface area contributed by atoms with Crippen LogP contribution in [-0.2, 0) is 4.79 Å². The van der Waals surface area contributed by atoms with Crippen LogP contribution in [0.1, 0.15) is 51.5 Å². The average Bonchev–Trinajstić information content (AvgIpc) is 2.86. The number of benzene rings is 1. The number of carbonyl (C=O) groups is 1. The van der Waals surface area contributed by atoms with Gasteiger partial charge in [-0.05, 0) is 50.5 Å². The molecular formula is C28H31ClN4O. The molecule has 0 spiro atoms. The Balaban J connectivity index is 1.65. The minimum Gasteiger partial charge on any atom is -0.368 e. The van der Waals surface area contributed by atoms with Crippen LogP contribution in [0.5, 0.6) is 0 Å². The number of hydrogen-bond acceptors (Lipinski definition) is 4. The Morgan fingerprint density at radius 1 is 1.26 bits per heavy atom. The lowest BCUT2D eigenvalue weighted by molar-refractivity contribution is -0.121. The number of allylic oxidation sites excluding steroid dienone is 1. The van der Waals surface area contributed by atoms with Gasteiger partial charge < -0.3 is 5.32 Å². The third kappa shape index (κ3) is 5.15. The summed E-state index contributed by atoms with van der Waals surface area (Å²) in [7, 11) is 0. The summed E-state index contributed by atoms with van der Waals surface area (Å²) in [6.45, 7) is 8.52. The molecule has 0 bridgehead atoms. The zero-order valence-electron chi connectivity index (χ0n) is 19.9. The van der Waals surface area contributed by atoms with Gasteiger partial charge in [-0.2, -0.15) is 0 Å². The monoisotopic (exact) mass is 474 g/mol. The summed E-state index contributed by atoms with van der Waals surface area (Å²) < 4.78 is 0. The van der Waals surface area contributed by atoms with Gasteiger partial charge in [0, 0.05) is 52.3 Å². The average molecular weight is 475 g/mol. The van der Waals surface area contributed by atoms with Crippen LogP contribution in [0, 0.1) is 0 Å². The molecule has 0 saturated heterocycles. The van der Waals surface area contributed by atoms with Crippen molar-refractivity contribution in [1.82, 2.24) is 15.2 Å².